The lowest BCUT2D eigenvalue weighted by Crippen LogP contribution is -2.39. The highest BCUT2D eigenvalue weighted by Crippen LogP contribution is 2.28. The number of nitrogens with one attached hydrogen (secondary N) is 2. The zero-order valence-corrected chi connectivity index (χ0v) is 9.07. The van der Waals surface area contributed by atoms with Crippen LogP contribution in [-0.2, 0) is 4.79 Å². The number of rotatable bonds is 6. The zero-order valence-electron chi connectivity index (χ0n) is 9.07. The van der Waals surface area contributed by atoms with Gasteiger partial charge in [0.2, 0.25) is 5.91 Å². The average Bonchev–Trinajstić information content (AvgIpc) is 2.10. The first kappa shape index (κ1) is 13.3. The summed E-state index contributed by atoms with van der Waals surface area (Å²) >= 11 is 0. The fourth-order valence-corrected chi connectivity index (χ4v) is 1.55. The van der Waals surface area contributed by atoms with Crippen LogP contribution in [0.3, 0.4) is 0 Å². The molecule has 2 N–H and O–H groups in total. The first-order chi connectivity index (χ1) is 7.47. The van der Waals surface area contributed by atoms with E-state index in [-0.39, 0.29) is 6.54 Å². The van der Waals surface area contributed by atoms with Crippen molar-refractivity contribution in [2.75, 3.05) is 19.6 Å². The molecule has 0 aliphatic heterocycles. The van der Waals surface area contributed by atoms with Crippen molar-refractivity contribution in [3.63, 3.8) is 0 Å². The van der Waals surface area contributed by atoms with Gasteiger partial charge in [-0.05, 0) is 18.9 Å². The van der Waals surface area contributed by atoms with E-state index in [2.05, 4.69) is 5.32 Å². The van der Waals surface area contributed by atoms with Crippen LogP contribution < -0.4 is 10.6 Å². The van der Waals surface area contributed by atoms with Crippen LogP contribution in [0.5, 0.6) is 0 Å². The zero-order chi connectivity index (χ0) is 12.0. The highest BCUT2D eigenvalue weighted by atomic mass is 19.4. The lowest BCUT2D eigenvalue weighted by molar-refractivity contribution is -0.137. The van der Waals surface area contributed by atoms with Crippen LogP contribution in [0.2, 0.25) is 0 Å². The Morgan fingerprint density at radius 3 is 2.50 bits per heavy atom. The van der Waals surface area contributed by atoms with E-state index in [1.807, 2.05) is 5.32 Å². The molecule has 0 spiro atoms. The van der Waals surface area contributed by atoms with Crippen molar-refractivity contribution in [1.82, 2.24) is 10.6 Å². The Morgan fingerprint density at radius 1 is 1.31 bits per heavy atom. The summed E-state index contributed by atoms with van der Waals surface area (Å²) in [6, 6.07) is 0. The molecule has 0 unspecified atom stereocenters. The van der Waals surface area contributed by atoms with Gasteiger partial charge in [0.05, 0.1) is 6.54 Å². The summed E-state index contributed by atoms with van der Waals surface area (Å²) in [5.41, 5.74) is 0. The van der Waals surface area contributed by atoms with Gasteiger partial charge in [0, 0.05) is 0 Å². The Labute approximate surface area is 92.8 Å². The number of hydrogen-bond acceptors (Lipinski definition) is 2. The summed E-state index contributed by atoms with van der Waals surface area (Å²) in [6.07, 6.45) is 0.425. The van der Waals surface area contributed by atoms with Gasteiger partial charge in [0.15, 0.2) is 0 Å². The molecule has 1 fully saturated rings. The Hall–Kier alpha value is -0.780. The minimum atomic E-state index is -4.33. The second-order valence-electron chi connectivity index (χ2n) is 4.15. The molecule has 1 aliphatic carbocycles. The Kier molecular flexibility index (Phi) is 5.05. The summed E-state index contributed by atoms with van der Waals surface area (Å²) in [4.78, 5) is 10.9. The van der Waals surface area contributed by atoms with Crippen molar-refractivity contribution >= 4 is 5.91 Å². The number of amides is 1. The quantitative estimate of drug-likeness (QED) is 0.687. The van der Waals surface area contributed by atoms with Crippen LogP contribution in [-0.4, -0.2) is 31.7 Å². The highest BCUT2D eigenvalue weighted by Gasteiger charge is 2.27. The lowest BCUT2D eigenvalue weighted by Gasteiger charge is -2.25. The van der Waals surface area contributed by atoms with Crippen LogP contribution >= 0.6 is 0 Å². The van der Waals surface area contributed by atoms with Gasteiger partial charge in [0.25, 0.3) is 0 Å². The van der Waals surface area contributed by atoms with Gasteiger partial charge < -0.3 is 10.6 Å². The van der Waals surface area contributed by atoms with E-state index in [0.717, 1.165) is 12.3 Å². The number of alkyl halides is 3. The highest BCUT2D eigenvalue weighted by molar-refractivity contribution is 5.77. The van der Waals surface area contributed by atoms with E-state index in [9.17, 15) is 18.0 Å². The SMILES string of the molecule is O=C(CNCCC1CCC1)NCC(F)(F)F. The molecule has 0 bridgehead atoms. The van der Waals surface area contributed by atoms with Gasteiger partial charge in [-0.1, -0.05) is 19.3 Å². The minimum Gasteiger partial charge on any atom is -0.346 e. The summed E-state index contributed by atoms with van der Waals surface area (Å²) in [7, 11) is 0. The van der Waals surface area contributed by atoms with E-state index >= 15 is 0 Å². The Bertz CT molecular complexity index is 227. The standard InChI is InChI=1S/C10H17F3N2O/c11-10(12,13)7-15-9(16)6-14-5-4-8-2-1-3-8/h8,14H,1-7H2,(H,15,16). The topological polar surface area (TPSA) is 41.1 Å². The molecular formula is C10H17F3N2O. The third-order valence-electron chi connectivity index (χ3n) is 2.73. The van der Waals surface area contributed by atoms with Crippen LogP contribution in [0.4, 0.5) is 13.2 Å². The maximum atomic E-state index is 11.7. The molecule has 0 aromatic heterocycles. The predicted octanol–water partition coefficient (Wildman–Crippen LogP) is 1.44. The largest absolute Gasteiger partial charge is 0.405 e. The first-order valence-electron chi connectivity index (χ1n) is 5.51. The summed E-state index contributed by atoms with van der Waals surface area (Å²) in [6.45, 7) is -0.594. The number of carbonyl (C=O) groups excluding carboxylic acids is 1. The molecule has 16 heavy (non-hydrogen) atoms. The van der Waals surface area contributed by atoms with Crippen molar-refractivity contribution < 1.29 is 18.0 Å². The maximum absolute atomic E-state index is 11.7. The van der Waals surface area contributed by atoms with Crippen LogP contribution in [0.1, 0.15) is 25.7 Å². The van der Waals surface area contributed by atoms with E-state index in [1.165, 1.54) is 19.3 Å². The van der Waals surface area contributed by atoms with Gasteiger partial charge in [0.1, 0.15) is 6.54 Å². The van der Waals surface area contributed by atoms with Crippen molar-refractivity contribution in [3.05, 3.63) is 0 Å². The summed E-state index contributed by atoms with van der Waals surface area (Å²) < 4.78 is 35.2. The molecule has 94 valence electrons. The third-order valence-corrected chi connectivity index (χ3v) is 2.73. The fraction of sp³-hybridized carbons (Fsp3) is 0.900. The number of hydrogen-bond donors (Lipinski definition) is 2. The number of carbonyl (C=O) groups is 1. The van der Waals surface area contributed by atoms with E-state index in [4.69, 9.17) is 0 Å². The lowest BCUT2D eigenvalue weighted by atomic mass is 9.83. The Morgan fingerprint density at radius 2 is 2.00 bits per heavy atom. The van der Waals surface area contributed by atoms with Crippen molar-refractivity contribution in [2.24, 2.45) is 5.92 Å². The van der Waals surface area contributed by atoms with E-state index in [0.29, 0.717) is 6.54 Å². The molecular weight excluding hydrogens is 221 g/mol. The second-order valence-corrected chi connectivity index (χ2v) is 4.15. The third kappa shape index (κ3) is 5.95. The maximum Gasteiger partial charge on any atom is 0.405 e. The van der Waals surface area contributed by atoms with Gasteiger partial charge in [-0.3, -0.25) is 4.79 Å². The van der Waals surface area contributed by atoms with Crippen molar-refractivity contribution in [1.29, 1.82) is 0 Å². The van der Waals surface area contributed by atoms with Crippen molar-refractivity contribution in [3.8, 4) is 0 Å². The monoisotopic (exact) mass is 238 g/mol. The molecule has 0 aromatic carbocycles. The van der Waals surface area contributed by atoms with E-state index in [1.54, 1.807) is 0 Å². The van der Waals surface area contributed by atoms with Gasteiger partial charge in [-0.25, -0.2) is 0 Å². The molecule has 0 saturated heterocycles. The summed E-state index contributed by atoms with van der Waals surface area (Å²) in [5.74, 6) is 0.136. The molecule has 1 rings (SSSR count). The molecule has 0 atom stereocenters. The van der Waals surface area contributed by atoms with Crippen LogP contribution in [0.25, 0.3) is 0 Å². The molecule has 1 saturated carbocycles. The summed E-state index contributed by atoms with van der Waals surface area (Å²) in [5, 5.41) is 4.65. The molecule has 0 heterocycles. The Balaban J connectivity index is 1.93. The molecule has 1 aliphatic rings. The van der Waals surface area contributed by atoms with Gasteiger partial charge in [-0.15, -0.1) is 0 Å². The smallest absolute Gasteiger partial charge is 0.346 e. The second kappa shape index (κ2) is 6.08. The van der Waals surface area contributed by atoms with Gasteiger partial charge in [-0.2, -0.15) is 13.2 Å². The molecule has 0 radical (unpaired) electrons. The molecule has 0 aromatic rings. The number of halogens is 3. The van der Waals surface area contributed by atoms with Gasteiger partial charge >= 0.3 is 6.18 Å². The molecule has 1 amide bonds. The first-order valence-corrected chi connectivity index (χ1v) is 5.51. The average molecular weight is 238 g/mol. The minimum absolute atomic E-state index is 0.0389. The van der Waals surface area contributed by atoms with E-state index < -0.39 is 18.6 Å². The fourth-order valence-electron chi connectivity index (χ4n) is 1.55. The van der Waals surface area contributed by atoms with Crippen LogP contribution in [0, 0.1) is 5.92 Å². The van der Waals surface area contributed by atoms with Crippen molar-refractivity contribution in [2.45, 2.75) is 31.9 Å². The molecule has 6 heteroatoms. The molecule has 3 nitrogen and oxygen atoms in total. The van der Waals surface area contributed by atoms with Crippen LogP contribution in [0.15, 0.2) is 0 Å². The predicted molar refractivity (Wildman–Crippen MR) is 53.9 cm³/mol. The normalized spacial score (nSPS) is 16.9.